The highest BCUT2D eigenvalue weighted by atomic mass is 16.7. The van der Waals surface area contributed by atoms with Crippen LogP contribution in [0.1, 0.15) is 30.0 Å². The number of carbonyl (C=O) groups excluding carboxylic acids is 2. The molecular formula is C23H27N3O4. The first-order valence-corrected chi connectivity index (χ1v) is 10.2. The summed E-state index contributed by atoms with van der Waals surface area (Å²) in [6, 6.07) is 15.3. The van der Waals surface area contributed by atoms with Crippen molar-refractivity contribution in [2.75, 3.05) is 27.4 Å². The fourth-order valence-electron chi connectivity index (χ4n) is 4.03. The maximum Gasteiger partial charge on any atom is 0.242 e. The van der Waals surface area contributed by atoms with Crippen molar-refractivity contribution >= 4 is 11.8 Å². The zero-order valence-corrected chi connectivity index (χ0v) is 17.3. The van der Waals surface area contributed by atoms with Gasteiger partial charge in [-0.2, -0.15) is 0 Å². The molecular weight excluding hydrogens is 382 g/mol. The van der Waals surface area contributed by atoms with Crippen molar-refractivity contribution in [3.63, 3.8) is 0 Å². The molecule has 0 radical (unpaired) electrons. The van der Waals surface area contributed by atoms with Crippen LogP contribution in [-0.4, -0.2) is 55.1 Å². The normalized spacial score (nSPS) is 18.7. The summed E-state index contributed by atoms with van der Waals surface area (Å²) in [5.41, 5.74) is 2.06. The van der Waals surface area contributed by atoms with Crippen molar-refractivity contribution in [3.8, 4) is 11.5 Å². The molecule has 0 aromatic heterocycles. The van der Waals surface area contributed by atoms with Gasteiger partial charge in [-0.15, -0.1) is 0 Å². The van der Waals surface area contributed by atoms with E-state index in [1.54, 1.807) is 4.90 Å². The minimum Gasteiger partial charge on any atom is -0.454 e. The number of likely N-dealkylation sites (tertiary alicyclic amines) is 1. The van der Waals surface area contributed by atoms with Crippen molar-refractivity contribution in [2.24, 2.45) is 0 Å². The second-order valence-electron chi connectivity index (χ2n) is 7.90. The maximum absolute atomic E-state index is 13.0. The fourth-order valence-corrected chi connectivity index (χ4v) is 4.03. The van der Waals surface area contributed by atoms with Gasteiger partial charge in [0.2, 0.25) is 18.6 Å². The van der Waals surface area contributed by atoms with Crippen LogP contribution in [0, 0.1) is 0 Å². The molecule has 2 unspecified atom stereocenters. The smallest absolute Gasteiger partial charge is 0.242 e. The highest BCUT2D eigenvalue weighted by molar-refractivity contribution is 5.90. The first-order valence-electron chi connectivity index (χ1n) is 10.2. The Bertz CT molecular complexity index is 916. The van der Waals surface area contributed by atoms with Crippen molar-refractivity contribution < 1.29 is 19.1 Å². The van der Waals surface area contributed by atoms with E-state index in [9.17, 15) is 9.59 Å². The van der Waals surface area contributed by atoms with E-state index in [4.69, 9.17) is 9.47 Å². The summed E-state index contributed by atoms with van der Waals surface area (Å²) in [6.45, 7) is 1.07. The minimum absolute atomic E-state index is 0.0000331. The highest BCUT2D eigenvalue weighted by Crippen LogP contribution is 2.33. The summed E-state index contributed by atoms with van der Waals surface area (Å²) in [5, 5.41) is 3.06. The van der Waals surface area contributed by atoms with Crippen LogP contribution >= 0.6 is 0 Å². The number of carbonyl (C=O) groups is 2. The lowest BCUT2D eigenvalue weighted by Crippen LogP contribution is -2.46. The molecule has 2 aliphatic heterocycles. The van der Waals surface area contributed by atoms with Gasteiger partial charge in [0, 0.05) is 19.5 Å². The van der Waals surface area contributed by atoms with Gasteiger partial charge in [-0.1, -0.05) is 36.4 Å². The van der Waals surface area contributed by atoms with Crippen molar-refractivity contribution in [2.45, 2.75) is 31.5 Å². The van der Waals surface area contributed by atoms with E-state index in [0.29, 0.717) is 37.4 Å². The molecule has 7 heteroatoms. The van der Waals surface area contributed by atoms with Crippen molar-refractivity contribution in [3.05, 3.63) is 59.7 Å². The van der Waals surface area contributed by atoms with Gasteiger partial charge >= 0.3 is 0 Å². The molecule has 2 aliphatic rings. The molecule has 1 saturated heterocycles. The largest absolute Gasteiger partial charge is 0.454 e. The Balaban J connectivity index is 1.41. The van der Waals surface area contributed by atoms with Gasteiger partial charge in [-0.05, 0) is 43.8 Å². The van der Waals surface area contributed by atoms with Crippen molar-refractivity contribution in [1.29, 1.82) is 0 Å². The Morgan fingerprint density at radius 2 is 1.93 bits per heavy atom. The van der Waals surface area contributed by atoms with Gasteiger partial charge in [-0.25, -0.2) is 0 Å². The van der Waals surface area contributed by atoms with E-state index in [2.05, 4.69) is 22.3 Å². The predicted molar refractivity (Wildman–Crippen MR) is 112 cm³/mol. The van der Waals surface area contributed by atoms with Crippen LogP contribution < -0.4 is 14.8 Å². The number of fused-ring (bicyclic) bond motifs is 1. The summed E-state index contributed by atoms with van der Waals surface area (Å²) in [4.78, 5) is 29.2. The van der Waals surface area contributed by atoms with Crippen LogP contribution in [0.15, 0.2) is 48.5 Å². The third kappa shape index (κ3) is 4.26. The Hall–Kier alpha value is -3.06. The molecule has 0 bridgehead atoms. The number of amides is 2. The zero-order valence-electron chi connectivity index (χ0n) is 17.3. The second kappa shape index (κ2) is 8.75. The number of hydrogen-bond acceptors (Lipinski definition) is 5. The molecule has 1 fully saturated rings. The lowest BCUT2D eigenvalue weighted by molar-refractivity contribution is -0.135. The highest BCUT2D eigenvalue weighted by Gasteiger charge is 2.36. The van der Waals surface area contributed by atoms with Gasteiger partial charge in [0.05, 0.1) is 6.04 Å². The molecule has 0 aliphatic carbocycles. The van der Waals surface area contributed by atoms with Crippen LogP contribution in [0.25, 0.3) is 0 Å². The molecule has 7 nitrogen and oxygen atoms in total. The van der Waals surface area contributed by atoms with Crippen LogP contribution in [0.3, 0.4) is 0 Å². The Labute approximate surface area is 176 Å². The number of nitrogens with one attached hydrogen (secondary N) is 1. The minimum atomic E-state index is -0.457. The fraction of sp³-hybridized carbons (Fsp3) is 0.391. The molecule has 2 heterocycles. The van der Waals surface area contributed by atoms with E-state index in [0.717, 1.165) is 11.1 Å². The first kappa shape index (κ1) is 20.2. The average Bonchev–Trinajstić information content (AvgIpc) is 3.35. The van der Waals surface area contributed by atoms with Gasteiger partial charge in [0.1, 0.15) is 6.04 Å². The lowest BCUT2D eigenvalue weighted by atomic mass is 10.1. The van der Waals surface area contributed by atoms with E-state index < -0.39 is 6.04 Å². The molecule has 2 amide bonds. The second-order valence-corrected chi connectivity index (χ2v) is 7.90. The van der Waals surface area contributed by atoms with E-state index in [1.165, 1.54) is 0 Å². The number of hydrogen-bond donors (Lipinski definition) is 1. The third-order valence-electron chi connectivity index (χ3n) is 5.70. The molecule has 2 aromatic carbocycles. The topological polar surface area (TPSA) is 71.1 Å². The molecule has 30 heavy (non-hydrogen) atoms. The molecule has 0 saturated carbocycles. The molecule has 2 atom stereocenters. The quantitative estimate of drug-likeness (QED) is 0.760. The van der Waals surface area contributed by atoms with Gasteiger partial charge in [-0.3, -0.25) is 9.59 Å². The van der Waals surface area contributed by atoms with Gasteiger partial charge in [0.15, 0.2) is 11.5 Å². The summed E-state index contributed by atoms with van der Waals surface area (Å²) in [7, 11) is 3.99. The molecule has 2 aromatic rings. The standard InChI is InChI=1S/C23H27N3O4/c1-25(2)19(17-6-4-3-5-7-17)13-24-23(28)18-9-11-22(27)26(18)14-16-8-10-20-21(12-16)30-15-29-20/h3-8,10,12,18-19H,9,11,13-15H2,1-2H3,(H,24,28). The summed E-state index contributed by atoms with van der Waals surface area (Å²) in [5.74, 6) is 1.28. The predicted octanol–water partition coefficient (Wildman–Crippen LogP) is 2.33. The monoisotopic (exact) mass is 409 g/mol. The first-order chi connectivity index (χ1) is 14.5. The summed E-state index contributed by atoms with van der Waals surface area (Å²) >= 11 is 0. The molecule has 158 valence electrons. The summed E-state index contributed by atoms with van der Waals surface area (Å²) in [6.07, 6.45) is 0.922. The van der Waals surface area contributed by atoms with Gasteiger partial charge < -0.3 is 24.6 Å². The lowest BCUT2D eigenvalue weighted by Gasteiger charge is -2.28. The Morgan fingerprint density at radius 1 is 1.17 bits per heavy atom. The Morgan fingerprint density at radius 3 is 2.70 bits per heavy atom. The van der Waals surface area contributed by atoms with Crippen molar-refractivity contribution in [1.82, 2.24) is 15.1 Å². The average molecular weight is 409 g/mol. The van der Waals surface area contributed by atoms with Gasteiger partial charge in [0.25, 0.3) is 0 Å². The van der Waals surface area contributed by atoms with Crippen LogP contribution in [0.5, 0.6) is 11.5 Å². The molecule has 1 N–H and O–H groups in total. The van der Waals surface area contributed by atoms with E-state index in [-0.39, 0.29) is 24.6 Å². The zero-order chi connectivity index (χ0) is 21.1. The van der Waals surface area contributed by atoms with Crippen LogP contribution in [0.4, 0.5) is 0 Å². The number of nitrogens with zero attached hydrogens (tertiary/aromatic N) is 2. The number of likely N-dealkylation sites (N-methyl/N-ethyl adjacent to an activating group) is 1. The summed E-state index contributed by atoms with van der Waals surface area (Å²) < 4.78 is 10.8. The molecule has 0 spiro atoms. The van der Waals surface area contributed by atoms with Crippen LogP contribution in [0.2, 0.25) is 0 Å². The maximum atomic E-state index is 13.0. The van der Waals surface area contributed by atoms with E-state index >= 15 is 0 Å². The third-order valence-corrected chi connectivity index (χ3v) is 5.70. The number of benzene rings is 2. The van der Waals surface area contributed by atoms with E-state index in [1.807, 2.05) is 50.5 Å². The number of rotatable bonds is 7. The Kier molecular flexibility index (Phi) is 5.90. The number of ether oxygens (including phenoxy) is 2. The molecule has 4 rings (SSSR count). The SMILES string of the molecule is CN(C)C(CNC(=O)C1CCC(=O)N1Cc1ccc2c(c1)OCO2)c1ccccc1. The van der Waals surface area contributed by atoms with Crippen LogP contribution in [-0.2, 0) is 16.1 Å².